The predicted octanol–water partition coefficient (Wildman–Crippen LogP) is -0.681. The third-order valence-electron chi connectivity index (χ3n) is 1.83. The summed E-state index contributed by atoms with van der Waals surface area (Å²) in [6, 6.07) is -0.701. The SMILES string of the molecule is O=C(NOCC(F)(F)F)C1CC(O)CN1. The van der Waals surface area contributed by atoms with Crippen molar-refractivity contribution in [3.05, 3.63) is 0 Å². The third-order valence-corrected chi connectivity index (χ3v) is 1.83. The lowest BCUT2D eigenvalue weighted by atomic mass is 10.2. The largest absolute Gasteiger partial charge is 0.414 e. The topological polar surface area (TPSA) is 70.6 Å². The summed E-state index contributed by atoms with van der Waals surface area (Å²) < 4.78 is 34.8. The molecule has 0 aromatic rings. The first kappa shape index (κ1) is 12.2. The highest BCUT2D eigenvalue weighted by Gasteiger charge is 2.31. The van der Waals surface area contributed by atoms with E-state index in [1.807, 2.05) is 0 Å². The van der Waals surface area contributed by atoms with E-state index in [4.69, 9.17) is 5.11 Å². The number of aliphatic hydroxyl groups is 1. The Hall–Kier alpha value is -0.860. The summed E-state index contributed by atoms with van der Waals surface area (Å²) >= 11 is 0. The van der Waals surface area contributed by atoms with Gasteiger partial charge in [0.15, 0.2) is 6.61 Å². The zero-order chi connectivity index (χ0) is 11.5. The highest BCUT2D eigenvalue weighted by Crippen LogP contribution is 2.13. The molecule has 1 heterocycles. The van der Waals surface area contributed by atoms with E-state index in [1.165, 1.54) is 0 Å². The van der Waals surface area contributed by atoms with Crippen molar-refractivity contribution in [3.8, 4) is 0 Å². The van der Waals surface area contributed by atoms with Gasteiger partial charge in [-0.1, -0.05) is 0 Å². The van der Waals surface area contributed by atoms with E-state index < -0.39 is 30.8 Å². The molecule has 15 heavy (non-hydrogen) atoms. The molecule has 1 saturated heterocycles. The van der Waals surface area contributed by atoms with Gasteiger partial charge in [0.1, 0.15) is 0 Å². The number of β-amino-alcohol motifs (C(OH)–C–C–N with tert-alkyl or cyclic N) is 1. The molecule has 2 unspecified atom stereocenters. The minimum Gasteiger partial charge on any atom is -0.392 e. The number of hydrogen-bond donors (Lipinski definition) is 3. The molecular formula is C7H11F3N2O3. The van der Waals surface area contributed by atoms with E-state index >= 15 is 0 Å². The van der Waals surface area contributed by atoms with Gasteiger partial charge in [-0.05, 0) is 6.42 Å². The Morgan fingerprint density at radius 2 is 2.27 bits per heavy atom. The van der Waals surface area contributed by atoms with E-state index in [0.717, 1.165) is 0 Å². The van der Waals surface area contributed by atoms with Gasteiger partial charge in [-0.25, -0.2) is 5.48 Å². The second kappa shape index (κ2) is 4.77. The summed E-state index contributed by atoms with van der Waals surface area (Å²) in [5.74, 6) is -0.712. The molecule has 0 saturated carbocycles. The van der Waals surface area contributed by atoms with Crippen LogP contribution >= 0.6 is 0 Å². The maximum absolute atomic E-state index is 11.6. The van der Waals surface area contributed by atoms with Gasteiger partial charge in [0.25, 0.3) is 5.91 Å². The molecule has 8 heteroatoms. The molecule has 0 aromatic heterocycles. The van der Waals surface area contributed by atoms with Crippen molar-refractivity contribution in [2.45, 2.75) is 24.7 Å². The van der Waals surface area contributed by atoms with Gasteiger partial charge in [-0.15, -0.1) is 0 Å². The van der Waals surface area contributed by atoms with Crippen LogP contribution in [0.5, 0.6) is 0 Å². The molecule has 1 aliphatic heterocycles. The number of nitrogens with one attached hydrogen (secondary N) is 2. The number of amides is 1. The van der Waals surface area contributed by atoms with Crippen LogP contribution in [-0.4, -0.2) is 42.5 Å². The smallest absolute Gasteiger partial charge is 0.392 e. The van der Waals surface area contributed by atoms with Crippen LogP contribution in [0.3, 0.4) is 0 Å². The van der Waals surface area contributed by atoms with Crippen LogP contribution in [0.1, 0.15) is 6.42 Å². The molecule has 2 atom stereocenters. The second-order valence-electron chi connectivity index (χ2n) is 3.22. The Labute approximate surface area is 83.5 Å². The number of aliphatic hydroxyl groups excluding tert-OH is 1. The lowest BCUT2D eigenvalue weighted by Crippen LogP contribution is -2.41. The van der Waals surface area contributed by atoms with Crippen molar-refractivity contribution in [2.24, 2.45) is 0 Å². The van der Waals surface area contributed by atoms with Crippen LogP contribution in [0.15, 0.2) is 0 Å². The molecule has 0 spiro atoms. The van der Waals surface area contributed by atoms with E-state index in [2.05, 4.69) is 10.2 Å². The zero-order valence-corrected chi connectivity index (χ0v) is 7.67. The molecule has 1 aliphatic rings. The molecule has 0 aliphatic carbocycles. The standard InChI is InChI=1S/C7H11F3N2O3/c8-7(9,10)3-15-12-6(14)5-1-4(13)2-11-5/h4-5,11,13H,1-3H2,(H,12,14). The highest BCUT2D eigenvalue weighted by molar-refractivity contribution is 5.81. The van der Waals surface area contributed by atoms with Crippen LogP contribution in [0.2, 0.25) is 0 Å². The molecule has 0 aromatic carbocycles. The fraction of sp³-hybridized carbons (Fsp3) is 0.857. The maximum atomic E-state index is 11.6. The molecule has 88 valence electrons. The van der Waals surface area contributed by atoms with Gasteiger partial charge in [0.05, 0.1) is 12.1 Å². The molecule has 1 fully saturated rings. The molecule has 5 nitrogen and oxygen atoms in total. The summed E-state index contributed by atoms with van der Waals surface area (Å²) in [7, 11) is 0. The first-order valence-electron chi connectivity index (χ1n) is 4.28. The number of hydrogen-bond acceptors (Lipinski definition) is 4. The van der Waals surface area contributed by atoms with Crippen molar-refractivity contribution in [3.63, 3.8) is 0 Å². The van der Waals surface area contributed by atoms with Gasteiger partial charge in [0, 0.05) is 6.54 Å². The summed E-state index contributed by atoms with van der Waals surface area (Å²) in [4.78, 5) is 15.1. The second-order valence-corrected chi connectivity index (χ2v) is 3.22. The Morgan fingerprint density at radius 3 is 2.73 bits per heavy atom. The number of alkyl halides is 3. The van der Waals surface area contributed by atoms with Gasteiger partial charge >= 0.3 is 6.18 Å². The normalized spacial score (nSPS) is 26.7. The molecular weight excluding hydrogens is 217 g/mol. The maximum Gasteiger partial charge on any atom is 0.414 e. The predicted molar refractivity (Wildman–Crippen MR) is 42.6 cm³/mol. The zero-order valence-electron chi connectivity index (χ0n) is 7.67. The molecule has 0 bridgehead atoms. The summed E-state index contributed by atoms with van der Waals surface area (Å²) in [5, 5.41) is 11.7. The lowest BCUT2D eigenvalue weighted by Gasteiger charge is -2.11. The monoisotopic (exact) mass is 228 g/mol. The third kappa shape index (κ3) is 4.45. The number of carbonyl (C=O) groups excluding carboxylic acids is 1. The number of halogens is 3. The Kier molecular flexibility index (Phi) is 3.89. The summed E-state index contributed by atoms with van der Waals surface area (Å²) in [6.07, 6.45) is -4.96. The Bertz CT molecular complexity index is 234. The minimum absolute atomic E-state index is 0.168. The van der Waals surface area contributed by atoms with Gasteiger partial charge in [-0.3, -0.25) is 9.63 Å². The van der Waals surface area contributed by atoms with E-state index in [-0.39, 0.29) is 13.0 Å². The van der Waals surface area contributed by atoms with Crippen molar-refractivity contribution in [1.29, 1.82) is 0 Å². The van der Waals surface area contributed by atoms with Crippen LogP contribution in [0.4, 0.5) is 13.2 Å². The number of carbonyl (C=O) groups is 1. The van der Waals surface area contributed by atoms with Gasteiger partial charge < -0.3 is 10.4 Å². The number of hydroxylamine groups is 1. The molecule has 3 N–H and O–H groups in total. The molecule has 1 rings (SSSR count). The average molecular weight is 228 g/mol. The van der Waals surface area contributed by atoms with Gasteiger partial charge in [-0.2, -0.15) is 13.2 Å². The van der Waals surface area contributed by atoms with Crippen LogP contribution in [0.25, 0.3) is 0 Å². The fourth-order valence-electron chi connectivity index (χ4n) is 1.18. The van der Waals surface area contributed by atoms with E-state index in [1.54, 1.807) is 5.48 Å². The van der Waals surface area contributed by atoms with Gasteiger partial charge in [0.2, 0.25) is 0 Å². The van der Waals surface area contributed by atoms with Crippen molar-refractivity contribution >= 4 is 5.91 Å². The van der Waals surface area contributed by atoms with Crippen LogP contribution in [-0.2, 0) is 9.63 Å². The van der Waals surface area contributed by atoms with Crippen molar-refractivity contribution in [1.82, 2.24) is 10.8 Å². The summed E-state index contributed by atoms with van der Waals surface area (Å²) in [6.45, 7) is -1.29. The Balaban J connectivity index is 2.19. The first-order valence-corrected chi connectivity index (χ1v) is 4.28. The Morgan fingerprint density at radius 1 is 1.60 bits per heavy atom. The lowest BCUT2D eigenvalue weighted by molar-refractivity contribution is -0.192. The number of rotatable bonds is 3. The van der Waals surface area contributed by atoms with Crippen molar-refractivity contribution in [2.75, 3.05) is 13.2 Å². The molecule has 1 amide bonds. The van der Waals surface area contributed by atoms with Crippen LogP contribution in [0, 0.1) is 0 Å². The van der Waals surface area contributed by atoms with E-state index in [9.17, 15) is 18.0 Å². The fourth-order valence-corrected chi connectivity index (χ4v) is 1.18. The summed E-state index contributed by atoms with van der Waals surface area (Å²) in [5.41, 5.74) is 1.67. The molecule has 0 radical (unpaired) electrons. The van der Waals surface area contributed by atoms with Crippen LogP contribution < -0.4 is 10.8 Å². The first-order chi connectivity index (χ1) is 6.88. The average Bonchev–Trinajstić information content (AvgIpc) is 2.49. The minimum atomic E-state index is -4.48. The van der Waals surface area contributed by atoms with E-state index in [0.29, 0.717) is 0 Å². The van der Waals surface area contributed by atoms with Crippen molar-refractivity contribution < 1.29 is 27.9 Å². The highest BCUT2D eigenvalue weighted by atomic mass is 19.4. The quantitative estimate of drug-likeness (QED) is 0.560.